The van der Waals surface area contributed by atoms with Crippen molar-refractivity contribution in [1.82, 2.24) is 10.6 Å². The van der Waals surface area contributed by atoms with Crippen molar-refractivity contribution in [1.29, 1.82) is 0 Å². The third-order valence-electron chi connectivity index (χ3n) is 4.99. The molecule has 6 nitrogen and oxygen atoms in total. The molecule has 0 radical (unpaired) electrons. The van der Waals surface area contributed by atoms with Gasteiger partial charge in [-0.1, -0.05) is 13.8 Å². The van der Waals surface area contributed by atoms with Crippen LogP contribution < -0.4 is 10.6 Å². The summed E-state index contributed by atoms with van der Waals surface area (Å²) < 4.78 is 10.8. The Bertz CT molecular complexity index is 514. The Morgan fingerprint density at radius 1 is 1.00 bits per heavy atom. The summed E-state index contributed by atoms with van der Waals surface area (Å²) in [6, 6.07) is 0. The van der Waals surface area contributed by atoms with Gasteiger partial charge in [0.2, 0.25) is 0 Å². The summed E-state index contributed by atoms with van der Waals surface area (Å²) in [5, 5.41) is 17.2. The Labute approximate surface area is 187 Å². The van der Waals surface area contributed by atoms with E-state index in [-0.39, 0.29) is 24.3 Å². The maximum absolute atomic E-state index is 12.2. The van der Waals surface area contributed by atoms with E-state index in [1.807, 2.05) is 13.8 Å². The zero-order valence-corrected chi connectivity index (χ0v) is 22.3. The van der Waals surface area contributed by atoms with Gasteiger partial charge in [-0.3, -0.25) is 0 Å². The molecule has 0 aliphatic rings. The number of hydrogen-bond donors (Lipinski definition) is 3. The maximum atomic E-state index is 12.2. The molecule has 0 spiro atoms. The lowest BCUT2D eigenvalue weighted by Gasteiger charge is -2.40. The maximum Gasteiger partial charge on any atom is 0.407 e. The normalized spacial score (nSPS) is 15.2. The summed E-state index contributed by atoms with van der Waals surface area (Å²) in [5.74, 6) is 1.16. The van der Waals surface area contributed by atoms with Gasteiger partial charge in [-0.15, -0.1) is 0 Å². The predicted octanol–water partition coefficient (Wildman–Crippen LogP) is 4.29. The lowest BCUT2D eigenvalue weighted by molar-refractivity contribution is -0.00104. The van der Waals surface area contributed by atoms with Crippen molar-refractivity contribution in [2.45, 2.75) is 103 Å². The minimum Gasteiger partial charge on any atom is -0.447 e. The highest BCUT2D eigenvalue weighted by Crippen LogP contribution is 2.45. The van der Waals surface area contributed by atoms with Crippen LogP contribution >= 0.6 is 10.0 Å². The molecule has 0 aliphatic carbocycles. The van der Waals surface area contributed by atoms with Crippen LogP contribution in [0.4, 0.5) is 4.79 Å². The van der Waals surface area contributed by atoms with Crippen molar-refractivity contribution in [2.24, 2.45) is 0 Å². The molecule has 0 fully saturated rings. The van der Waals surface area contributed by atoms with E-state index < -0.39 is 27.8 Å². The fraction of sp³-hybridized carbons (Fsp3) is 0.957. The molecule has 0 heterocycles. The number of ether oxygens (including phenoxy) is 2. The van der Waals surface area contributed by atoms with Gasteiger partial charge in [0.15, 0.2) is 0 Å². The number of nitrogens with one attached hydrogen (secondary N) is 2. The van der Waals surface area contributed by atoms with Crippen LogP contribution in [0.2, 0.25) is 0 Å². The molecule has 0 saturated heterocycles. The first-order valence-corrected chi connectivity index (χ1v) is 13.7. The van der Waals surface area contributed by atoms with E-state index in [2.05, 4.69) is 71.6 Å². The number of aliphatic hydroxyl groups excluding tert-OH is 1. The largest absolute Gasteiger partial charge is 0.447 e. The molecule has 0 saturated carbocycles. The summed E-state index contributed by atoms with van der Waals surface area (Å²) in [6.07, 6.45) is 5.08. The van der Waals surface area contributed by atoms with Gasteiger partial charge in [0.1, 0.15) is 12.7 Å². The lowest BCUT2D eigenvalue weighted by atomic mass is 9.85. The van der Waals surface area contributed by atoms with Crippen LogP contribution in [0.15, 0.2) is 0 Å². The number of aliphatic hydroxyl groups is 1. The van der Waals surface area contributed by atoms with Crippen LogP contribution in [0, 0.1) is 0 Å². The van der Waals surface area contributed by atoms with Crippen molar-refractivity contribution < 1.29 is 19.4 Å². The van der Waals surface area contributed by atoms with Crippen molar-refractivity contribution in [3.05, 3.63) is 0 Å². The molecule has 1 atom stereocenters. The average molecular weight is 451 g/mol. The molecular formula is C23H50N2O4S. The van der Waals surface area contributed by atoms with Crippen LogP contribution in [0.25, 0.3) is 0 Å². The van der Waals surface area contributed by atoms with Crippen molar-refractivity contribution in [3.8, 4) is 0 Å². The second-order valence-corrected chi connectivity index (χ2v) is 16.1. The summed E-state index contributed by atoms with van der Waals surface area (Å²) in [4.78, 5) is 12.2. The zero-order valence-electron chi connectivity index (χ0n) is 21.5. The highest BCUT2D eigenvalue weighted by molar-refractivity contribution is 8.33. The third-order valence-corrected chi connectivity index (χ3v) is 8.88. The van der Waals surface area contributed by atoms with Gasteiger partial charge in [-0.25, -0.2) is 14.8 Å². The van der Waals surface area contributed by atoms with E-state index in [9.17, 15) is 9.90 Å². The second-order valence-electron chi connectivity index (χ2n) is 11.5. The number of hydrogen-bond acceptors (Lipinski definition) is 5. The third kappa shape index (κ3) is 14.5. The summed E-state index contributed by atoms with van der Waals surface area (Å²) in [7, 11) is -0.586. The molecule has 1 amide bonds. The molecule has 30 heavy (non-hydrogen) atoms. The Balaban J connectivity index is 4.19. The van der Waals surface area contributed by atoms with Gasteiger partial charge in [0.05, 0.1) is 6.61 Å². The zero-order chi connectivity index (χ0) is 23.8. The Hall–Kier alpha value is -0.500. The minimum absolute atomic E-state index is 0.0178. The summed E-state index contributed by atoms with van der Waals surface area (Å²) >= 11 is 0. The van der Waals surface area contributed by atoms with Gasteiger partial charge in [0.25, 0.3) is 0 Å². The SMILES string of the molecule is CC(C)S(C)(C)CCCOCC(O)COC(=O)NC(C)(C)CC(C)(C)NC(C)(C)C. The van der Waals surface area contributed by atoms with E-state index in [1.54, 1.807) is 0 Å². The highest BCUT2D eigenvalue weighted by Gasteiger charge is 2.33. The van der Waals surface area contributed by atoms with Crippen LogP contribution in [0.5, 0.6) is 0 Å². The quantitative estimate of drug-likeness (QED) is 0.365. The average Bonchev–Trinajstić information content (AvgIpc) is 2.48. The molecule has 0 bridgehead atoms. The number of amides is 1. The lowest BCUT2D eigenvalue weighted by Crippen LogP contribution is -2.56. The van der Waals surface area contributed by atoms with Gasteiger partial charge in [-0.2, -0.15) is 0 Å². The molecule has 3 N–H and O–H groups in total. The van der Waals surface area contributed by atoms with Crippen molar-refractivity contribution in [2.75, 3.05) is 38.1 Å². The van der Waals surface area contributed by atoms with Gasteiger partial charge in [0, 0.05) is 23.2 Å². The first kappa shape index (κ1) is 29.5. The molecule has 182 valence electrons. The Kier molecular flexibility index (Phi) is 11.7. The second kappa shape index (κ2) is 11.9. The van der Waals surface area contributed by atoms with Crippen LogP contribution in [0.1, 0.15) is 75.2 Å². The highest BCUT2D eigenvalue weighted by atomic mass is 32.3. The number of carbonyl (C=O) groups excluding carboxylic acids is 1. The van der Waals surface area contributed by atoms with E-state index in [0.717, 1.165) is 18.6 Å². The van der Waals surface area contributed by atoms with Crippen LogP contribution in [-0.2, 0) is 9.47 Å². The van der Waals surface area contributed by atoms with Gasteiger partial charge >= 0.3 is 6.09 Å². The molecule has 1 unspecified atom stereocenters. The molecule has 0 aromatic carbocycles. The molecule has 0 aromatic rings. The van der Waals surface area contributed by atoms with Crippen molar-refractivity contribution in [3.63, 3.8) is 0 Å². The number of carbonyl (C=O) groups is 1. The van der Waals surface area contributed by atoms with Crippen LogP contribution in [0.3, 0.4) is 0 Å². The molecule has 7 heteroatoms. The van der Waals surface area contributed by atoms with E-state index in [0.29, 0.717) is 11.9 Å². The minimum atomic E-state index is -0.816. The Morgan fingerprint density at radius 2 is 1.57 bits per heavy atom. The fourth-order valence-corrected chi connectivity index (χ4v) is 5.06. The van der Waals surface area contributed by atoms with Crippen LogP contribution in [-0.4, -0.2) is 77.3 Å². The molecular weight excluding hydrogens is 400 g/mol. The van der Waals surface area contributed by atoms with Gasteiger partial charge < -0.3 is 25.2 Å². The topological polar surface area (TPSA) is 79.8 Å². The molecule has 0 aliphatic heterocycles. The first-order valence-electron chi connectivity index (χ1n) is 11.1. The molecule has 0 rings (SSSR count). The van der Waals surface area contributed by atoms with E-state index >= 15 is 0 Å². The molecule has 0 aromatic heterocycles. The number of alkyl carbamates (subject to hydrolysis) is 1. The Morgan fingerprint density at radius 3 is 2.07 bits per heavy atom. The fourth-order valence-electron chi connectivity index (χ4n) is 3.73. The standard InChI is InChI=1S/C23H50N2O4S/c1-18(2)30(10,11)14-12-13-28-15-19(26)16-29-20(27)24-22(6,7)17-23(8,9)25-21(3,4)5/h18-19,25-26H,12-17H2,1-11H3,(H,24,27). The van der Waals surface area contributed by atoms with E-state index in [1.165, 1.54) is 0 Å². The summed E-state index contributed by atoms with van der Waals surface area (Å²) in [5.41, 5.74) is -0.629. The van der Waals surface area contributed by atoms with Crippen molar-refractivity contribution >= 4 is 16.1 Å². The smallest absolute Gasteiger partial charge is 0.407 e. The van der Waals surface area contributed by atoms with E-state index in [4.69, 9.17) is 9.47 Å². The monoisotopic (exact) mass is 450 g/mol. The van der Waals surface area contributed by atoms with Gasteiger partial charge in [-0.05, 0) is 84.8 Å². The number of rotatable bonds is 13. The first-order chi connectivity index (χ1) is 13.4. The predicted molar refractivity (Wildman–Crippen MR) is 131 cm³/mol. The summed E-state index contributed by atoms with van der Waals surface area (Å²) in [6.45, 7) is 19.8.